The van der Waals surface area contributed by atoms with E-state index in [0.717, 1.165) is 64.2 Å². The van der Waals surface area contributed by atoms with Gasteiger partial charge < -0.3 is 18.9 Å². The van der Waals surface area contributed by atoms with Crippen molar-refractivity contribution in [1.29, 1.82) is 0 Å². The second-order valence-corrected chi connectivity index (χ2v) is 28.5. The van der Waals surface area contributed by atoms with Gasteiger partial charge in [0.15, 0.2) is 6.10 Å². The molecule has 0 heterocycles. The summed E-state index contributed by atoms with van der Waals surface area (Å²) in [6, 6.07) is 0. The van der Waals surface area contributed by atoms with E-state index < -0.39 is 26.5 Å². The monoisotopic (exact) mass is 1260 g/mol. The Kier molecular flexibility index (Phi) is 67.3. The van der Waals surface area contributed by atoms with Crippen LogP contribution in [0.1, 0.15) is 373 Å². The van der Waals surface area contributed by atoms with Gasteiger partial charge in [-0.25, -0.2) is 4.57 Å². The van der Waals surface area contributed by atoms with Crippen LogP contribution < -0.4 is 0 Å². The molecule has 2 unspecified atom stereocenters. The molecule has 0 aromatic heterocycles. The average molecular weight is 1260 g/mol. The van der Waals surface area contributed by atoms with E-state index in [0.29, 0.717) is 23.9 Å². The number of rotatable bonds is 71. The molecule has 0 aliphatic carbocycles. The number of nitrogens with zero attached hydrogens (tertiary/aromatic N) is 1. The van der Waals surface area contributed by atoms with Gasteiger partial charge in [-0.3, -0.25) is 18.6 Å². The molecule has 0 aliphatic heterocycles. The Balaban J connectivity index is 3.92. The van der Waals surface area contributed by atoms with Crippen LogP contribution in [0, 0.1) is 0 Å². The first-order valence-corrected chi connectivity index (χ1v) is 39.5. The van der Waals surface area contributed by atoms with Crippen LogP contribution in [0.2, 0.25) is 0 Å². The number of carbonyl (C=O) groups excluding carboxylic acids is 2. The van der Waals surface area contributed by atoms with Crippen LogP contribution >= 0.6 is 7.82 Å². The molecule has 0 amide bonds. The molecule has 0 spiro atoms. The number of esters is 2. The molecule has 0 saturated heterocycles. The van der Waals surface area contributed by atoms with E-state index in [1.807, 2.05) is 21.1 Å². The molecule has 1 N–H and O–H groups in total. The summed E-state index contributed by atoms with van der Waals surface area (Å²) in [5, 5.41) is 0. The van der Waals surface area contributed by atoms with E-state index in [-0.39, 0.29) is 25.6 Å². The fourth-order valence-corrected chi connectivity index (χ4v) is 12.0. The summed E-state index contributed by atoms with van der Waals surface area (Å²) in [5.41, 5.74) is 0. The molecule has 2 atom stereocenters. The highest BCUT2D eigenvalue weighted by Crippen LogP contribution is 2.43. The van der Waals surface area contributed by atoms with Crippen molar-refractivity contribution in [2.45, 2.75) is 380 Å². The normalized spacial score (nSPS) is 13.4. The minimum atomic E-state index is -4.39. The van der Waals surface area contributed by atoms with Gasteiger partial charge in [-0.05, 0) is 57.8 Å². The minimum Gasteiger partial charge on any atom is -0.462 e. The predicted molar refractivity (Wildman–Crippen MR) is 381 cm³/mol. The van der Waals surface area contributed by atoms with Gasteiger partial charge in [0.05, 0.1) is 27.7 Å². The third kappa shape index (κ3) is 72.8. The third-order valence-corrected chi connectivity index (χ3v) is 18.0. The lowest BCUT2D eigenvalue weighted by Gasteiger charge is -2.24. The Bertz CT molecular complexity index is 1670. The number of carbonyl (C=O) groups is 2. The van der Waals surface area contributed by atoms with E-state index in [2.05, 4.69) is 74.6 Å². The lowest BCUT2D eigenvalue weighted by atomic mass is 10.0. The van der Waals surface area contributed by atoms with Crippen LogP contribution in [0.5, 0.6) is 0 Å². The summed E-state index contributed by atoms with van der Waals surface area (Å²) in [4.78, 5) is 35.9. The highest BCUT2D eigenvalue weighted by atomic mass is 31.2. The highest BCUT2D eigenvalue weighted by Gasteiger charge is 2.27. The number of allylic oxidation sites excluding steroid dienone is 10. The van der Waals surface area contributed by atoms with Crippen LogP contribution in [0.4, 0.5) is 0 Å². The van der Waals surface area contributed by atoms with Gasteiger partial charge in [0.2, 0.25) is 0 Å². The van der Waals surface area contributed by atoms with Crippen LogP contribution in [0.3, 0.4) is 0 Å². The summed E-state index contributed by atoms with van der Waals surface area (Å²) in [7, 11) is 1.50. The first kappa shape index (κ1) is 85.7. The van der Waals surface area contributed by atoms with Gasteiger partial charge in [0.1, 0.15) is 19.8 Å². The molecule has 0 fully saturated rings. The number of hydrogen-bond donors (Lipinski definition) is 1. The van der Waals surface area contributed by atoms with Crippen molar-refractivity contribution < 1.29 is 42.1 Å². The summed E-state index contributed by atoms with van der Waals surface area (Å²) in [5.74, 6) is -0.773. The van der Waals surface area contributed by atoms with Gasteiger partial charge >= 0.3 is 19.8 Å². The molecule has 0 aromatic rings. The zero-order chi connectivity index (χ0) is 64.1. The second-order valence-electron chi connectivity index (χ2n) is 27.0. The van der Waals surface area contributed by atoms with Crippen LogP contribution in [0.25, 0.3) is 0 Å². The fourth-order valence-electron chi connectivity index (χ4n) is 11.3. The molecule has 88 heavy (non-hydrogen) atoms. The van der Waals surface area contributed by atoms with Crippen molar-refractivity contribution in [3.05, 3.63) is 60.8 Å². The van der Waals surface area contributed by atoms with Gasteiger partial charge in [0, 0.05) is 12.8 Å². The maximum absolute atomic E-state index is 12.9. The highest BCUT2D eigenvalue weighted by molar-refractivity contribution is 7.47. The number of ether oxygens (including phenoxy) is 2. The molecule has 0 bridgehead atoms. The standard InChI is InChI=1S/C78H146NO8P/c1-6-8-10-12-14-16-18-20-22-24-26-28-30-32-33-34-35-36-37-38-39-40-41-42-43-44-45-47-49-51-53-55-57-59-61-63-65-67-69-71-78(81)87-76(75-86-88(82,83)85-73-72-79(3,4)5)74-84-77(80)70-68-66-64-62-60-58-56-54-52-50-48-46-31-29-27-25-23-21-19-17-15-13-11-9-7-2/h8,10,14,16,20,22,26,28,32-33,76H,6-7,9,11-13,15,17-19,21,23-25,27,29-31,34-75H2,1-5H3/p+1/b10-8-,16-14-,22-20-,28-26-,33-32-. The summed E-state index contributed by atoms with van der Waals surface area (Å²) < 4.78 is 34.8. The molecular weight excluding hydrogens is 1110 g/mol. The molecule has 0 aromatic carbocycles. The molecule has 9 nitrogen and oxygen atoms in total. The molecule has 10 heteroatoms. The van der Waals surface area contributed by atoms with Crippen molar-refractivity contribution in [2.24, 2.45) is 0 Å². The number of phosphoric ester groups is 1. The Labute approximate surface area is 546 Å². The molecule has 516 valence electrons. The zero-order valence-electron chi connectivity index (χ0n) is 59.0. The topological polar surface area (TPSA) is 108 Å². The fraction of sp³-hybridized carbons (Fsp3) is 0.846. The van der Waals surface area contributed by atoms with Crippen molar-refractivity contribution in [3.63, 3.8) is 0 Å². The number of likely N-dealkylation sites (N-methyl/N-ethyl adjacent to an activating group) is 1. The Hall–Kier alpha value is -2.29. The van der Waals surface area contributed by atoms with E-state index in [1.54, 1.807) is 0 Å². The SMILES string of the molecule is CC/C=C\C/C=C\C/C=C\C/C=C\C/C=C\CCCCCCCCCCCCCCCCCCCCCCCCCC(=O)OC(COC(=O)CCCCCCCCCCCCCCCCCCCCCCCCCCC)COP(=O)(O)OCC[N+](C)(C)C. The largest absolute Gasteiger partial charge is 0.472 e. The number of hydrogen-bond acceptors (Lipinski definition) is 7. The maximum Gasteiger partial charge on any atom is 0.472 e. The van der Waals surface area contributed by atoms with Gasteiger partial charge in [-0.1, -0.05) is 364 Å². The molecule has 0 radical (unpaired) electrons. The first-order chi connectivity index (χ1) is 43.0. The van der Waals surface area contributed by atoms with Crippen molar-refractivity contribution in [3.8, 4) is 0 Å². The van der Waals surface area contributed by atoms with Crippen molar-refractivity contribution in [2.75, 3.05) is 47.5 Å². The summed E-state index contributed by atoms with van der Waals surface area (Å²) >= 11 is 0. The lowest BCUT2D eigenvalue weighted by Crippen LogP contribution is -2.37. The smallest absolute Gasteiger partial charge is 0.462 e. The van der Waals surface area contributed by atoms with Crippen molar-refractivity contribution >= 4 is 19.8 Å². The molecule has 0 rings (SSSR count). The number of quaternary nitrogens is 1. The Morgan fingerprint density at radius 3 is 0.966 bits per heavy atom. The van der Waals surface area contributed by atoms with Crippen LogP contribution in [-0.2, 0) is 32.7 Å². The van der Waals surface area contributed by atoms with Crippen LogP contribution in [0.15, 0.2) is 60.8 Å². The molecule has 0 saturated carbocycles. The third-order valence-electron chi connectivity index (χ3n) is 17.1. The summed E-state index contributed by atoms with van der Waals surface area (Å²) in [6.45, 7) is 4.39. The molecule has 0 aliphatic rings. The minimum absolute atomic E-state index is 0.0347. The van der Waals surface area contributed by atoms with E-state index in [1.165, 1.54) is 276 Å². The second kappa shape index (κ2) is 69.1. The lowest BCUT2D eigenvalue weighted by molar-refractivity contribution is -0.870. The quantitative estimate of drug-likeness (QED) is 0.0211. The number of unbranched alkanes of at least 4 members (excludes halogenated alkanes) is 47. The first-order valence-electron chi connectivity index (χ1n) is 38.0. The maximum atomic E-state index is 12.9. The zero-order valence-corrected chi connectivity index (χ0v) is 59.9. The van der Waals surface area contributed by atoms with E-state index in [4.69, 9.17) is 18.5 Å². The van der Waals surface area contributed by atoms with Gasteiger partial charge in [-0.15, -0.1) is 0 Å². The van der Waals surface area contributed by atoms with Crippen molar-refractivity contribution in [1.82, 2.24) is 0 Å². The van der Waals surface area contributed by atoms with Gasteiger partial charge in [0.25, 0.3) is 0 Å². The van der Waals surface area contributed by atoms with Gasteiger partial charge in [-0.2, -0.15) is 0 Å². The van der Waals surface area contributed by atoms with E-state index in [9.17, 15) is 19.0 Å². The summed E-state index contributed by atoms with van der Waals surface area (Å²) in [6.07, 6.45) is 92.1. The van der Waals surface area contributed by atoms with E-state index >= 15 is 0 Å². The molecular formula is C78H147NO8P+. The van der Waals surface area contributed by atoms with Crippen LogP contribution in [-0.4, -0.2) is 74.9 Å². The average Bonchev–Trinajstić information content (AvgIpc) is 3.68. The Morgan fingerprint density at radius 2 is 0.648 bits per heavy atom. The Morgan fingerprint density at radius 1 is 0.364 bits per heavy atom. The number of phosphoric acid groups is 1. The predicted octanol–water partition coefficient (Wildman–Crippen LogP) is 24.9.